The topological polar surface area (TPSA) is 49.8 Å². The maximum Gasteiger partial charge on any atom is 0.416 e. The van der Waals surface area contributed by atoms with Gasteiger partial charge in [-0.05, 0) is 39.0 Å². The number of carbonyl (C=O) groups is 1. The predicted octanol–water partition coefficient (Wildman–Crippen LogP) is 3.26. The van der Waals surface area contributed by atoms with Crippen molar-refractivity contribution in [2.24, 2.45) is 0 Å². The Balaban J connectivity index is 2.37. The third kappa shape index (κ3) is 3.05. The molecule has 0 saturated heterocycles. The highest BCUT2D eigenvalue weighted by atomic mass is 19.1. The summed E-state index contributed by atoms with van der Waals surface area (Å²) in [6.45, 7) is 5.02. The minimum absolute atomic E-state index is 0.0490. The summed E-state index contributed by atoms with van der Waals surface area (Å²) in [6.07, 6.45) is 1.92. The fourth-order valence-corrected chi connectivity index (χ4v) is 2.11. The van der Waals surface area contributed by atoms with Gasteiger partial charge in [0.2, 0.25) is 0 Å². The Hall–Kier alpha value is -1.95. The fourth-order valence-electron chi connectivity index (χ4n) is 2.11. The van der Waals surface area contributed by atoms with Crippen LogP contribution in [0, 0.1) is 11.6 Å². The van der Waals surface area contributed by atoms with E-state index < -0.39 is 29.1 Å². The average molecular weight is 297 g/mol. The van der Waals surface area contributed by atoms with E-state index in [-0.39, 0.29) is 12.0 Å². The molecule has 0 fully saturated rings. The van der Waals surface area contributed by atoms with Gasteiger partial charge >= 0.3 is 6.09 Å². The molecular formula is C15H17F2NO3. The van der Waals surface area contributed by atoms with Gasteiger partial charge < -0.3 is 9.84 Å². The first kappa shape index (κ1) is 15.4. The van der Waals surface area contributed by atoms with Crippen molar-refractivity contribution in [2.75, 3.05) is 0 Å². The van der Waals surface area contributed by atoms with Crippen molar-refractivity contribution in [1.82, 2.24) is 4.90 Å². The van der Waals surface area contributed by atoms with Crippen LogP contribution in [0.2, 0.25) is 0 Å². The largest absolute Gasteiger partial charge is 0.443 e. The molecule has 0 bridgehead atoms. The minimum Gasteiger partial charge on any atom is -0.443 e. The second kappa shape index (κ2) is 5.11. The summed E-state index contributed by atoms with van der Waals surface area (Å²) in [5.74, 6) is -1.49. The first-order valence-corrected chi connectivity index (χ1v) is 6.50. The zero-order chi connectivity index (χ0) is 15.8. The summed E-state index contributed by atoms with van der Waals surface area (Å²) >= 11 is 0. The van der Waals surface area contributed by atoms with Gasteiger partial charge in [0, 0.05) is 18.2 Å². The van der Waals surface area contributed by atoms with Crippen LogP contribution >= 0.6 is 0 Å². The van der Waals surface area contributed by atoms with Crippen molar-refractivity contribution in [3.8, 4) is 0 Å². The van der Waals surface area contributed by atoms with Crippen LogP contribution in [0.1, 0.15) is 32.8 Å². The lowest BCUT2D eigenvalue weighted by atomic mass is 9.99. The summed E-state index contributed by atoms with van der Waals surface area (Å²) in [4.78, 5) is 13.0. The van der Waals surface area contributed by atoms with Crippen molar-refractivity contribution < 1.29 is 23.4 Å². The van der Waals surface area contributed by atoms with Crippen molar-refractivity contribution in [1.29, 1.82) is 0 Å². The molecule has 1 heterocycles. The van der Waals surface area contributed by atoms with Crippen LogP contribution < -0.4 is 0 Å². The number of halogens is 2. The van der Waals surface area contributed by atoms with Gasteiger partial charge in [-0.1, -0.05) is 6.08 Å². The molecule has 2 rings (SSSR count). The molecule has 1 aromatic carbocycles. The van der Waals surface area contributed by atoms with Crippen LogP contribution in [0.4, 0.5) is 13.6 Å². The van der Waals surface area contributed by atoms with Gasteiger partial charge in [-0.15, -0.1) is 0 Å². The SMILES string of the molecule is CC(C)(C)OC(=O)N1C=CCC1(O)c1cc(F)ccc1F. The van der Waals surface area contributed by atoms with E-state index in [0.717, 1.165) is 23.1 Å². The van der Waals surface area contributed by atoms with Crippen LogP contribution in [-0.2, 0) is 10.5 Å². The molecule has 1 N–H and O–H groups in total. The number of hydrogen-bond donors (Lipinski definition) is 1. The van der Waals surface area contributed by atoms with Gasteiger partial charge in [-0.25, -0.2) is 13.6 Å². The number of rotatable bonds is 1. The van der Waals surface area contributed by atoms with E-state index in [1.54, 1.807) is 20.8 Å². The Kier molecular flexibility index (Phi) is 3.76. The Morgan fingerprint density at radius 3 is 2.67 bits per heavy atom. The summed E-state index contributed by atoms with van der Waals surface area (Å²) in [5.41, 5.74) is -3.07. The van der Waals surface area contributed by atoms with Crippen LogP contribution in [0.3, 0.4) is 0 Å². The number of nitrogens with zero attached hydrogens (tertiary/aromatic N) is 1. The normalized spacial score (nSPS) is 21.7. The molecule has 1 amide bonds. The minimum atomic E-state index is -1.99. The summed E-state index contributed by atoms with van der Waals surface area (Å²) in [5, 5.41) is 10.7. The molecular weight excluding hydrogens is 280 g/mol. The van der Waals surface area contributed by atoms with Gasteiger partial charge in [0.15, 0.2) is 5.72 Å². The third-order valence-corrected chi connectivity index (χ3v) is 3.01. The Labute approximate surface area is 121 Å². The average Bonchev–Trinajstić information content (AvgIpc) is 2.73. The van der Waals surface area contributed by atoms with E-state index in [4.69, 9.17) is 4.74 Å². The molecule has 1 aliphatic heterocycles. The van der Waals surface area contributed by atoms with Gasteiger partial charge in [0.25, 0.3) is 0 Å². The van der Waals surface area contributed by atoms with Crippen molar-refractivity contribution in [3.63, 3.8) is 0 Å². The van der Waals surface area contributed by atoms with Gasteiger partial charge in [-0.2, -0.15) is 0 Å². The molecule has 1 atom stereocenters. The molecule has 0 radical (unpaired) electrons. The lowest BCUT2D eigenvalue weighted by Crippen LogP contribution is -2.46. The molecule has 6 heteroatoms. The molecule has 0 aromatic heterocycles. The number of aliphatic hydroxyl groups is 1. The Morgan fingerprint density at radius 2 is 2.05 bits per heavy atom. The fraction of sp³-hybridized carbons (Fsp3) is 0.400. The highest BCUT2D eigenvalue weighted by Gasteiger charge is 2.44. The highest BCUT2D eigenvalue weighted by Crippen LogP contribution is 2.37. The summed E-state index contributed by atoms with van der Waals surface area (Å²) < 4.78 is 32.4. The molecule has 114 valence electrons. The summed E-state index contributed by atoms with van der Waals surface area (Å²) in [6, 6.07) is 2.73. The van der Waals surface area contributed by atoms with E-state index in [9.17, 15) is 18.7 Å². The molecule has 4 nitrogen and oxygen atoms in total. The summed E-state index contributed by atoms with van der Waals surface area (Å²) in [7, 11) is 0. The maximum atomic E-state index is 13.9. The van der Waals surface area contributed by atoms with Gasteiger partial charge in [0.05, 0.1) is 0 Å². The zero-order valence-corrected chi connectivity index (χ0v) is 12.1. The van der Waals surface area contributed by atoms with Crippen LogP contribution in [0.25, 0.3) is 0 Å². The zero-order valence-electron chi connectivity index (χ0n) is 12.1. The second-order valence-electron chi connectivity index (χ2n) is 5.88. The van der Waals surface area contributed by atoms with Gasteiger partial charge in [-0.3, -0.25) is 4.90 Å². The molecule has 1 aromatic rings. The quantitative estimate of drug-likeness (QED) is 0.865. The van der Waals surface area contributed by atoms with E-state index in [0.29, 0.717) is 0 Å². The molecule has 0 aliphatic carbocycles. The van der Waals surface area contributed by atoms with E-state index in [1.165, 1.54) is 12.3 Å². The number of ether oxygens (including phenoxy) is 1. The van der Waals surface area contributed by atoms with E-state index in [1.807, 2.05) is 0 Å². The maximum absolute atomic E-state index is 13.9. The lowest BCUT2D eigenvalue weighted by Gasteiger charge is -2.34. The lowest BCUT2D eigenvalue weighted by molar-refractivity contribution is -0.0819. The van der Waals surface area contributed by atoms with Crippen molar-refractivity contribution >= 4 is 6.09 Å². The Morgan fingerprint density at radius 1 is 1.38 bits per heavy atom. The number of amides is 1. The predicted molar refractivity (Wildman–Crippen MR) is 72.1 cm³/mol. The Bertz CT molecular complexity index is 595. The molecule has 0 saturated carbocycles. The molecule has 1 aliphatic rings. The molecule has 21 heavy (non-hydrogen) atoms. The van der Waals surface area contributed by atoms with Gasteiger partial charge in [0.1, 0.15) is 17.2 Å². The van der Waals surface area contributed by atoms with Crippen LogP contribution in [0.5, 0.6) is 0 Å². The second-order valence-corrected chi connectivity index (χ2v) is 5.88. The molecule has 0 spiro atoms. The highest BCUT2D eigenvalue weighted by molar-refractivity contribution is 5.71. The first-order valence-electron chi connectivity index (χ1n) is 6.50. The number of hydrogen-bond acceptors (Lipinski definition) is 3. The smallest absolute Gasteiger partial charge is 0.416 e. The van der Waals surface area contributed by atoms with Crippen LogP contribution in [-0.4, -0.2) is 21.7 Å². The van der Waals surface area contributed by atoms with Crippen molar-refractivity contribution in [2.45, 2.75) is 38.5 Å². The first-order chi connectivity index (χ1) is 9.63. The number of carbonyl (C=O) groups excluding carboxylic acids is 1. The van der Waals surface area contributed by atoms with Crippen molar-refractivity contribution in [3.05, 3.63) is 47.7 Å². The van der Waals surface area contributed by atoms with E-state index in [2.05, 4.69) is 0 Å². The standard InChI is InChI=1S/C15H17F2NO3/c1-14(2,3)21-13(19)18-8-4-7-15(18,20)11-9-10(16)5-6-12(11)17/h4-6,8-9,20H,7H2,1-3H3. The number of benzene rings is 1. The monoisotopic (exact) mass is 297 g/mol. The molecule has 1 unspecified atom stereocenters. The van der Waals surface area contributed by atoms with Crippen LogP contribution in [0.15, 0.2) is 30.5 Å². The third-order valence-electron chi connectivity index (χ3n) is 3.01. The van der Waals surface area contributed by atoms with E-state index >= 15 is 0 Å².